The third-order valence-electron chi connectivity index (χ3n) is 7.38. The highest BCUT2D eigenvalue weighted by Crippen LogP contribution is 2.31. The van der Waals surface area contributed by atoms with Crippen LogP contribution in [0.25, 0.3) is 0 Å². The molecule has 36 heavy (non-hydrogen) atoms. The molecule has 0 radical (unpaired) electrons. The third-order valence-corrected chi connectivity index (χ3v) is 7.38. The summed E-state index contributed by atoms with van der Waals surface area (Å²) in [6, 6.07) is 0. The van der Waals surface area contributed by atoms with Gasteiger partial charge in [-0.15, -0.1) is 12.4 Å². The Kier molecular flexibility index (Phi) is 13.5. The number of nitrogens with two attached hydrogens (primary N) is 1. The molecule has 0 bridgehead atoms. The number of ether oxygens (including phenoxy) is 3. The lowest BCUT2D eigenvalue weighted by molar-refractivity contribution is -0.153. The maximum Gasteiger partial charge on any atom is 0.409 e. The number of nitrogens with one attached hydrogen (secondary N) is 1. The molecule has 208 valence electrons. The molecular formula is C25H44ClN3O7. The number of hydrogen-bond donors (Lipinski definition) is 2. The van der Waals surface area contributed by atoms with E-state index < -0.39 is 11.1 Å². The highest BCUT2D eigenvalue weighted by atomic mass is 35.5. The number of rotatable bonds is 5. The van der Waals surface area contributed by atoms with E-state index in [0.717, 1.165) is 44.9 Å². The lowest BCUT2D eigenvalue weighted by Crippen LogP contribution is -2.58. The van der Waals surface area contributed by atoms with E-state index in [2.05, 4.69) is 10.1 Å². The van der Waals surface area contributed by atoms with Crippen LogP contribution in [0.5, 0.6) is 0 Å². The number of carbonyl (C=O) groups is 4. The number of halogens is 1. The zero-order valence-electron chi connectivity index (χ0n) is 22.0. The second kappa shape index (κ2) is 15.2. The van der Waals surface area contributed by atoms with Gasteiger partial charge in [-0.3, -0.25) is 9.59 Å². The van der Waals surface area contributed by atoms with Crippen molar-refractivity contribution >= 4 is 36.3 Å². The lowest BCUT2D eigenvalue weighted by atomic mass is 9.81. The Morgan fingerprint density at radius 3 is 1.83 bits per heavy atom. The summed E-state index contributed by atoms with van der Waals surface area (Å²) in [5.41, 5.74) is 4.29. The molecule has 0 unspecified atom stereocenters. The second-order valence-electron chi connectivity index (χ2n) is 9.79. The van der Waals surface area contributed by atoms with Crippen molar-refractivity contribution in [2.45, 2.75) is 95.1 Å². The van der Waals surface area contributed by atoms with Crippen LogP contribution in [0.2, 0.25) is 0 Å². The van der Waals surface area contributed by atoms with Crippen LogP contribution in [-0.2, 0) is 28.6 Å². The van der Waals surface area contributed by atoms with Crippen LogP contribution in [0.1, 0.15) is 84.0 Å². The number of piperidine rings is 1. The highest BCUT2D eigenvalue weighted by molar-refractivity contribution is 5.89. The molecule has 0 spiro atoms. The van der Waals surface area contributed by atoms with Gasteiger partial charge in [0, 0.05) is 19.0 Å². The number of amides is 2. The normalized spacial score (nSPS) is 20.9. The van der Waals surface area contributed by atoms with E-state index in [1.807, 2.05) is 0 Å². The largest absolute Gasteiger partial charge is 0.468 e. The Labute approximate surface area is 220 Å². The monoisotopic (exact) mass is 533 g/mol. The molecule has 3 rings (SSSR count). The molecule has 3 N–H and O–H groups in total. The second-order valence-corrected chi connectivity index (χ2v) is 9.79. The van der Waals surface area contributed by atoms with Gasteiger partial charge in [0.05, 0.1) is 20.8 Å². The lowest BCUT2D eigenvalue weighted by Gasteiger charge is -2.37. The summed E-state index contributed by atoms with van der Waals surface area (Å²) in [4.78, 5) is 49.3. The van der Waals surface area contributed by atoms with Crippen molar-refractivity contribution in [2.75, 3.05) is 33.9 Å². The maximum absolute atomic E-state index is 12.6. The van der Waals surface area contributed by atoms with E-state index in [4.69, 9.17) is 15.2 Å². The molecule has 3 aliphatic rings. The van der Waals surface area contributed by atoms with E-state index in [1.54, 1.807) is 11.8 Å². The molecule has 10 nitrogen and oxygen atoms in total. The van der Waals surface area contributed by atoms with E-state index in [9.17, 15) is 19.2 Å². The Hall–Kier alpha value is -2.07. The van der Waals surface area contributed by atoms with Crippen molar-refractivity contribution in [3.8, 4) is 0 Å². The molecule has 0 atom stereocenters. The van der Waals surface area contributed by atoms with Gasteiger partial charge >= 0.3 is 18.0 Å². The predicted octanol–water partition coefficient (Wildman–Crippen LogP) is 3.09. The van der Waals surface area contributed by atoms with Gasteiger partial charge in [0.25, 0.3) is 0 Å². The molecule has 1 aliphatic heterocycles. The van der Waals surface area contributed by atoms with Crippen molar-refractivity contribution in [1.82, 2.24) is 10.2 Å². The Balaban J connectivity index is 0.000000454. The first-order valence-electron chi connectivity index (χ1n) is 12.9. The van der Waals surface area contributed by atoms with Crippen LogP contribution in [0, 0.1) is 5.92 Å². The summed E-state index contributed by atoms with van der Waals surface area (Å²) >= 11 is 0. The van der Waals surface area contributed by atoms with Crippen molar-refractivity contribution in [1.29, 1.82) is 0 Å². The van der Waals surface area contributed by atoms with Gasteiger partial charge < -0.3 is 30.2 Å². The minimum Gasteiger partial charge on any atom is -0.468 e. The van der Waals surface area contributed by atoms with Crippen molar-refractivity contribution in [3.63, 3.8) is 0 Å². The quantitative estimate of drug-likeness (QED) is 0.406. The average Bonchev–Trinajstić information content (AvgIpc) is 2.89. The predicted molar refractivity (Wildman–Crippen MR) is 137 cm³/mol. The molecule has 1 saturated heterocycles. The van der Waals surface area contributed by atoms with Gasteiger partial charge in [0.2, 0.25) is 5.91 Å². The fraction of sp³-hybridized carbons (Fsp3) is 0.840. The van der Waals surface area contributed by atoms with Crippen molar-refractivity contribution in [2.24, 2.45) is 11.7 Å². The molecule has 2 aliphatic carbocycles. The van der Waals surface area contributed by atoms with E-state index in [-0.39, 0.29) is 42.3 Å². The van der Waals surface area contributed by atoms with E-state index >= 15 is 0 Å². The van der Waals surface area contributed by atoms with Crippen LogP contribution >= 0.6 is 12.4 Å². The SMILES string of the molecule is CCOC(=O)N1CCC(C(=O)NC2(C(=O)OC)CCCCC2)CC1.COC(=O)C1(N)CCCCC1.Cl. The van der Waals surface area contributed by atoms with Crippen LogP contribution in [0.3, 0.4) is 0 Å². The Morgan fingerprint density at radius 2 is 1.36 bits per heavy atom. The summed E-state index contributed by atoms with van der Waals surface area (Å²) < 4.78 is 14.5. The Morgan fingerprint density at radius 1 is 0.861 bits per heavy atom. The fourth-order valence-corrected chi connectivity index (χ4v) is 5.20. The fourth-order valence-electron chi connectivity index (χ4n) is 5.20. The molecule has 0 aromatic carbocycles. The van der Waals surface area contributed by atoms with Gasteiger partial charge in [-0.25, -0.2) is 9.59 Å². The van der Waals surface area contributed by atoms with Crippen LogP contribution < -0.4 is 11.1 Å². The summed E-state index contributed by atoms with van der Waals surface area (Å²) in [6.45, 7) is 3.12. The highest BCUT2D eigenvalue weighted by Gasteiger charge is 2.43. The average molecular weight is 534 g/mol. The minimum atomic E-state index is -0.873. The van der Waals surface area contributed by atoms with Gasteiger partial charge in [-0.05, 0) is 45.4 Å². The standard InChI is InChI=1S/C17H28N2O5.C8H15NO2.ClH/c1-3-24-16(22)19-11-7-13(8-12-19)14(20)18-17(15(21)23-2)9-5-4-6-10-17;1-11-7(10)8(9)5-3-2-4-6-8;/h13H,3-12H2,1-2H3,(H,18,20);2-6,9H2,1H3;1H. The molecule has 2 saturated carbocycles. The Bertz CT molecular complexity index is 729. The summed E-state index contributed by atoms with van der Waals surface area (Å²) in [5, 5.41) is 2.97. The molecule has 1 heterocycles. The van der Waals surface area contributed by atoms with Crippen LogP contribution in [0.15, 0.2) is 0 Å². The van der Waals surface area contributed by atoms with Gasteiger partial charge in [0.15, 0.2) is 0 Å². The molecule has 11 heteroatoms. The summed E-state index contributed by atoms with van der Waals surface area (Å²) in [6.07, 6.45) is 9.85. The van der Waals surface area contributed by atoms with Gasteiger partial charge in [-0.1, -0.05) is 38.5 Å². The molecule has 2 amide bonds. The summed E-state index contributed by atoms with van der Waals surface area (Å²) in [7, 11) is 2.76. The number of likely N-dealkylation sites (tertiary alicyclic amines) is 1. The molecule has 0 aromatic rings. The smallest absolute Gasteiger partial charge is 0.409 e. The number of esters is 2. The number of nitrogens with zero attached hydrogens (tertiary/aromatic N) is 1. The number of carbonyl (C=O) groups excluding carboxylic acids is 4. The molecule has 3 fully saturated rings. The first kappa shape index (κ1) is 32.0. The zero-order chi connectivity index (χ0) is 25.9. The molecule has 0 aromatic heterocycles. The van der Waals surface area contributed by atoms with Crippen LogP contribution in [0.4, 0.5) is 4.79 Å². The number of methoxy groups -OCH3 is 2. The van der Waals surface area contributed by atoms with Gasteiger partial charge in [-0.2, -0.15) is 0 Å². The summed E-state index contributed by atoms with van der Waals surface area (Å²) in [5.74, 6) is -0.887. The van der Waals surface area contributed by atoms with Crippen molar-refractivity contribution in [3.05, 3.63) is 0 Å². The topological polar surface area (TPSA) is 137 Å². The van der Waals surface area contributed by atoms with Crippen LogP contribution in [-0.4, -0.2) is 73.8 Å². The zero-order valence-corrected chi connectivity index (χ0v) is 22.8. The van der Waals surface area contributed by atoms with E-state index in [0.29, 0.717) is 45.4 Å². The maximum atomic E-state index is 12.6. The third kappa shape index (κ3) is 8.50. The number of hydrogen-bond acceptors (Lipinski definition) is 8. The van der Waals surface area contributed by atoms with E-state index in [1.165, 1.54) is 20.6 Å². The van der Waals surface area contributed by atoms with Crippen molar-refractivity contribution < 1.29 is 33.4 Å². The molecular weight excluding hydrogens is 490 g/mol. The van der Waals surface area contributed by atoms with Gasteiger partial charge in [0.1, 0.15) is 11.1 Å². The first-order chi connectivity index (χ1) is 16.7. The first-order valence-corrected chi connectivity index (χ1v) is 12.9. The minimum absolute atomic E-state index is 0.